The number of amides is 2. The van der Waals surface area contributed by atoms with Gasteiger partial charge >= 0.3 is 0 Å². The lowest BCUT2D eigenvalue weighted by atomic mass is 10.1. The van der Waals surface area contributed by atoms with E-state index >= 15 is 0 Å². The second-order valence-electron chi connectivity index (χ2n) is 5.40. The van der Waals surface area contributed by atoms with Gasteiger partial charge in [0.15, 0.2) is 6.61 Å². The molecule has 24 heavy (non-hydrogen) atoms. The molecule has 0 spiro atoms. The van der Waals surface area contributed by atoms with Gasteiger partial charge in [0.2, 0.25) is 5.91 Å². The third kappa shape index (κ3) is 4.84. The molecule has 1 N–H and O–H groups in total. The molecule has 2 aromatic rings. The molecule has 0 saturated carbocycles. The highest BCUT2D eigenvalue weighted by Crippen LogP contribution is 2.12. The summed E-state index contributed by atoms with van der Waals surface area (Å²) in [5.74, 6) is 0.177. The second-order valence-corrected chi connectivity index (χ2v) is 5.40. The van der Waals surface area contributed by atoms with E-state index in [4.69, 9.17) is 4.74 Å². The van der Waals surface area contributed by atoms with Gasteiger partial charge in [0.25, 0.3) is 5.91 Å². The van der Waals surface area contributed by atoms with E-state index in [9.17, 15) is 9.59 Å². The van der Waals surface area contributed by atoms with E-state index in [-0.39, 0.29) is 18.4 Å². The average molecular weight is 326 g/mol. The van der Waals surface area contributed by atoms with Crippen LogP contribution in [0, 0.1) is 0 Å². The Morgan fingerprint density at radius 3 is 2.21 bits per heavy atom. The van der Waals surface area contributed by atoms with Crippen molar-refractivity contribution in [1.82, 2.24) is 10.2 Å². The van der Waals surface area contributed by atoms with E-state index in [1.54, 1.807) is 26.1 Å². The van der Waals surface area contributed by atoms with Crippen LogP contribution in [0.4, 0.5) is 0 Å². The Morgan fingerprint density at radius 2 is 1.62 bits per heavy atom. The molecule has 0 aliphatic carbocycles. The largest absolute Gasteiger partial charge is 0.484 e. The van der Waals surface area contributed by atoms with Crippen molar-refractivity contribution in [2.75, 3.05) is 13.7 Å². The summed E-state index contributed by atoms with van der Waals surface area (Å²) in [4.78, 5) is 26.1. The van der Waals surface area contributed by atoms with Gasteiger partial charge in [0.1, 0.15) is 11.8 Å². The summed E-state index contributed by atoms with van der Waals surface area (Å²) >= 11 is 0. The summed E-state index contributed by atoms with van der Waals surface area (Å²) in [5.41, 5.74) is 0.960. The highest BCUT2D eigenvalue weighted by atomic mass is 16.5. The molecule has 0 aliphatic rings. The second kappa shape index (κ2) is 8.72. The first-order valence-electron chi connectivity index (χ1n) is 7.84. The first kappa shape index (κ1) is 17.5. The van der Waals surface area contributed by atoms with Crippen molar-refractivity contribution in [3.8, 4) is 5.75 Å². The molecule has 1 atom stereocenters. The summed E-state index contributed by atoms with van der Waals surface area (Å²) in [6.45, 7) is 1.95. The number of para-hydroxylation sites is 1. The van der Waals surface area contributed by atoms with Gasteiger partial charge < -0.3 is 15.0 Å². The Labute approximate surface area is 142 Å². The van der Waals surface area contributed by atoms with Crippen LogP contribution in [-0.2, 0) is 16.1 Å². The lowest BCUT2D eigenvalue weighted by Gasteiger charge is -2.28. The molecular formula is C19H22N2O3. The molecule has 5 nitrogen and oxygen atoms in total. The lowest BCUT2D eigenvalue weighted by molar-refractivity contribution is -0.142. The van der Waals surface area contributed by atoms with Crippen molar-refractivity contribution in [2.24, 2.45) is 0 Å². The van der Waals surface area contributed by atoms with Gasteiger partial charge in [-0.15, -0.1) is 0 Å². The molecule has 126 valence electrons. The van der Waals surface area contributed by atoms with Crippen molar-refractivity contribution in [2.45, 2.75) is 19.5 Å². The first-order valence-corrected chi connectivity index (χ1v) is 7.84. The Bertz CT molecular complexity index is 659. The van der Waals surface area contributed by atoms with Crippen LogP contribution in [0.25, 0.3) is 0 Å². The number of carbonyl (C=O) groups is 2. The number of hydrogen-bond acceptors (Lipinski definition) is 3. The van der Waals surface area contributed by atoms with Crippen LogP contribution < -0.4 is 10.1 Å². The number of nitrogens with one attached hydrogen (secondary N) is 1. The smallest absolute Gasteiger partial charge is 0.261 e. The highest BCUT2D eigenvalue weighted by Gasteiger charge is 2.25. The van der Waals surface area contributed by atoms with Crippen molar-refractivity contribution < 1.29 is 14.3 Å². The standard InChI is InChI=1S/C19H22N2O3/c1-15(19(23)20-2)21(13-16-9-5-3-6-10-16)18(22)14-24-17-11-7-4-8-12-17/h3-12,15H,13-14H2,1-2H3,(H,20,23)/t15-/m0/s1. The van der Waals surface area contributed by atoms with Gasteiger partial charge in [-0.1, -0.05) is 48.5 Å². The fraction of sp³-hybridized carbons (Fsp3) is 0.263. The van der Waals surface area contributed by atoms with Crippen LogP contribution in [0.2, 0.25) is 0 Å². The summed E-state index contributed by atoms with van der Waals surface area (Å²) in [6, 6.07) is 18.1. The van der Waals surface area contributed by atoms with E-state index in [0.717, 1.165) is 5.56 Å². The number of carbonyl (C=O) groups excluding carboxylic acids is 2. The molecule has 0 aliphatic heterocycles. The Balaban J connectivity index is 2.08. The summed E-state index contributed by atoms with van der Waals surface area (Å²) in [6.07, 6.45) is 0. The van der Waals surface area contributed by atoms with Crippen LogP contribution in [0.3, 0.4) is 0 Å². The molecule has 2 aromatic carbocycles. The summed E-state index contributed by atoms with van der Waals surface area (Å²) in [7, 11) is 1.56. The number of ether oxygens (including phenoxy) is 1. The summed E-state index contributed by atoms with van der Waals surface area (Å²) in [5, 5.41) is 2.59. The van der Waals surface area contributed by atoms with E-state index in [0.29, 0.717) is 12.3 Å². The molecule has 0 bridgehead atoms. The maximum atomic E-state index is 12.6. The van der Waals surface area contributed by atoms with Gasteiger partial charge in [0.05, 0.1) is 0 Å². The minimum atomic E-state index is -0.581. The van der Waals surface area contributed by atoms with E-state index in [1.807, 2.05) is 48.5 Å². The minimum absolute atomic E-state index is 0.113. The summed E-state index contributed by atoms with van der Waals surface area (Å²) < 4.78 is 5.53. The molecule has 0 saturated heterocycles. The Morgan fingerprint density at radius 1 is 1.04 bits per heavy atom. The van der Waals surface area contributed by atoms with Crippen LogP contribution >= 0.6 is 0 Å². The topological polar surface area (TPSA) is 58.6 Å². The van der Waals surface area contributed by atoms with Crippen molar-refractivity contribution >= 4 is 11.8 Å². The number of nitrogens with zero attached hydrogens (tertiary/aromatic N) is 1. The molecule has 0 heterocycles. The molecule has 2 amide bonds. The van der Waals surface area contributed by atoms with Crippen molar-refractivity contribution in [1.29, 1.82) is 0 Å². The van der Waals surface area contributed by atoms with Gasteiger partial charge in [-0.3, -0.25) is 9.59 Å². The third-order valence-electron chi connectivity index (χ3n) is 3.71. The number of benzene rings is 2. The molecule has 5 heteroatoms. The number of hydrogen-bond donors (Lipinski definition) is 1. The van der Waals surface area contributed by atoms with Crippen LogP contribution in [0.1, 0.15) is 12.5 Å². The first-order chi connectivity index (χ1) is 11.6. The molecule has 0 radical (unpaired) electrons. The minimum Gasteiger partial charge on any atom is -0.484 e. The van der Waals surface area contributed by atoms with E-state index in [1.165, 1.54) is 4.90 Å². The molecule has 0 aromatic heterocycles. The fourth-order valence-corrected chi connectivity index (χ4v) is 2.32. The van der Waals surface area contributed by atoms with Gasteiger partial charge in [-0.2, -0.15) is 0 Å². The van der Waals surface area contributed by atoms with Gasteiger partial charge in [-0.25, -0.2) is 0 Å². The zero-order valence-corrected chi connectivity index (χ0v) is 13.9. The van der Waals surface area contributed by atoms with Crippen molar-refractivity contribution in [3.05, 3.63) is 66.2 Å². The normalized spacial score (nSPS) is 11.4. The fourth-order valence-electron chi connectivity index (χ4n) is 2.32. The molecule has 0 unspecified atom stereocenters. The average Bonchev–Trinajstić information content (AvgIpc) is 2.64. The van der Waals surface area contributed by atoms with Gasteiger partial charge in [0, 0.05) is 13.6 Å². The predicted molar refractivity (Wildman–Crippen MR) is 92.5 cm³/mol. The monoisotopic (exact) mass is 326 g/mol. The Kier molecular flexibility index (Phi) is 6.37. The van der Waals surface area contributed by atoms with Gasteiger partial charge in [-0.05, 0) is 24.6 Å². The van der Waals surface area contributed by atoms with Crippen LogP contribution in [0.15, 0.2) is 60.7 Å². The zero-order valence-electron chi connectivity index (χ0n) is 13.9. The van der Waals surface area contributed by atoms with Crippen LogP contribution in [0.5, 0.6) is 5.75 Å². The number of likely N-dealkylation sites (N-methyl/N-ethyl adjacent to an activating group) is 1. The Hall–Kier alpha value is -2.82. The number of rotatable bonds is 7. The van der Waals surface area contributed by atoms with Crippen LogP contribution in [-0.4, -0.2) is 36.4 Å². The highest BCUT2D eigenvalue weighted by molar-refractivity contribution is 5.87. The third-order valence-corrected chi connectivity index (χ3v) is 3.71. The maximum absolute atomic E-state index is 12.6. The van der Waals surface area contributed by atoms with Crippen molar-refractivity contribution in [3.63, 3.8) is 0 Å². The molecular weight excluding hydrogens is 304 g/mol. The zero-order chi connectivity index (χ0) is 17.4. The van der Waals surface area contributed by atoms with E-state index in [2.05, 4.69) is 5.32 Å². The molecule has 0 fully saturated rings. The SMILES string of the molecule is CNC(=O)[C@H](C)N(Cc1ccccc1)C(=O)COc1ccccc1. The maximum Gasteiger partial charge on any atom is 0.261 e. The molecule has 2 rings (SSSR count). The predicted octanol–water partition coefficient (Wildman–Crippen LogP) is 2.23. The quantitative estimate of drug-likeness (QED) is 0.849. The van der Waals surface area contributed by atoms with E-state index < -0.39 is 6.04 Å². The lowest BCUT2D eigenvalue weighted by Crippen LogP contribution is -2.48.